The molecule has 9 heteroatoms. The molecule has 0 aliphatic heterocycles. The summed E-state index contributed by atoms with van der Waals surface area (Å²) in [4.78, 5) is 33.9. The number of carbonyl (C=O) groups is 1. The fourth-order valence-electron chi connectivity index (χ4n) is 1.32. The topological polar surface area (TPSA) is 107 Å². The van der Waals surface area contributed by atoms with E-state index < -0.39 is 17.2 Å². The number of aryl methyl sites for hydroxylation is 1. The van der Waals surface area contributed by atoms with Crippen molar-refractivity contribution in [2.24, 2.45) is 14.1 Å². The van der Waals surface area contributed by atoms with Gasteiger partial charge in [-0.15, -0.1) is 0 Å². The number of rotatable bonds is 3. The van der Waals surface area contributed by atoms with Crippen LogP contribution in [0.25, 0.3) is 0 Å². The molecule has 0 bridgehead atoms. The molecule has 2 rings (SSSR count). The van der Waals surface area contributed by atoms with Gasteiger partial charge in [-0.2, -0.15) is 5.10 Å². The Kier molecular flexibility index (Phi) is 3.30. The number of aromatic carboxylic acids is 1. The average Bonchev–Trinajstić information content (AvgIpc) is 2.82. The standard InChI is InChI=1S/C10H9N3O5S/c1-12-8(14)7(11-13(2)10(12)17)19-6-4-3-5(18-6)9(15)16/h3-4H,1-2H3,(H,15,16). The third-order valence-electron chi connectivity index (χ3n) is 2.28. The zero-order valence-corrected chi connectivity index (χ0v) is 10.8. The number of hydrogen-bond acceptors (Lipinski definition) is 6. The number of furan rings is 1. The van der Waals surface area contributed by atoms with Crippen molar-refractivity contribution in [1.82, 2.24) is 14.3 Å². The van der Waals surface area contributed by atoms with E-state index in [1.165, 1.54) is 26.2 Å². The Balaban J connectivity index is 2.41. The first-order chi connectivity index (χ1) is 8.90. The molecule has 2 heterocycles. The Bertz CT molecular complexity index is 757. The Morgan fingerprint density at radius 1 is 1.37 bits per heavy atom. The molecule has 2 aromatic rings. The van der Waals surface area contributed by atoms with Gasteiger partial charge in [0.1, 0.15) is 0 Å². The predicted octanol–water partition coefficient (Wildman–Crippen LogP) is -0.0786. The molecule has 0 aliphatic rings. The van der Waals surface area contributed by atoms with E-state index in [0.717, 1.165) is 21.0 Å². The lowest BCUT2D eigenvalue weighted by molar-refractivity contribution is 0.0656. The third-order valence-corrected chi connectivity index (χ3v) is 3.15. The molecule has 0 aromatic carbocycles. The van der Waals surface area contributed by atoms with E-state index >= 15 is 0 Å². The van der Waals surface area contributed by atoms with Crippen molar-refractivity contribution in [1.29, 1.82) is 0 Å². The van der Waals surface area contributed by atoms with E-state index in [0.29, 0.717) is 0 Å². The van der Waals surface area contributed by atoms with E-state index in [4.69, 9.17) is 9.52 Å². The van der Waals surface area contributed by atoms with Crippen LogP contribution < -0.4 is 11.2 Å². The quantitative estimate of drug-likeness (QED) is 0.839. The molecule has 0 atom stereocenters. The zero-order chi connectivity index (χ0) is 14.2. The summed E-state index contributed by atoms with van der Waals surface area (Å²) in [6.45, 7) is 0. The number of nitrogens with zero attached hydrogens (tertiary/aromatic N) is 3. The molecule has 2 aromatic heterocycles. The molecule has 0 spiro atoms. The van der Waals surface area contributed by atoms with Crippen LogP contribution in [0.2, 0.25) is 0 Å². The van der Waals surface area contributed by atoms with Gasteiger partial charge >= 0.3 is 11.7 Å². The Morgan fingerprint density at radius 2 is 2.05 bits per heavy atom. The zero-order valence-electron chi connectivity index (χ0n) is 9.98. The van der Waals surface area contributed by atoms with Gasteiger partial charge < -0.3 is 9.52 Å². The maximum Gasteiger partial charge on any atom is 0.371 e. The molecule has 0 amide bonds. The molecular weight excluding hydrogens is 274 g/mol. The lowest BCUT2D eigenvalue weighted by Crippen LogP contribution is -2.39. The summed E-state index contributed by atoms with van der Waals surface area (Å²) in [5.74, 6) is -1.43. The first kappa shape index (κ1) is 13.1. The fourth-order valence-corrected chi connectivity index (χ4v) is 2.16. The summed E-state index contributed by atoms with van der Waals surface area (Å²) in [5.41, 5.74) is -1.11. The van der Waals surface area contributed by atoms with Crippen LogP contribution in [0.1, 0.15) is 10.6 Å². The second kappa shape index (κ2) is 4.76. The largest absolute Gasteiger partial charge is 0.475 e. The van der Waals surface area contributed by atoms with E-state index in [-0.39, 0.29) is 15.9 Å². The summed E-state index contributed by atoms with van der Waals surface area (Å²) < 4.78 is 6.93. The molecule has 1 N–H and O–H groups in total. The second-order valence-electron chi connectivity index (χ2n) is 3.60. The van der Waals surface area contributed by atoms with Gasteiger partial charge in [0.2, 0.25) is 5.76 Å². The van der Waals surface area contributed by atoms with Gasteiger partial charge in [-0.3, -0.25) is 9.36 Å². The maximum atomic E-state index is 11.8. The van der Waals surface area contributed by atoms with Crippen LogP contribution in [0.3, 0.4) is 0 Å². The van der Waals surface area contributed by atoms with Gasteiger partial charge in [-0.05, 0) is 23.9 Å². The van der Waals surface area contributed by atoms with Gasteiger partial charge in [0.25, 0.3) is 5.56 Å². The fraction of sp³-hybridized carbons (Fsp3) is 0.200. The molecule has 0 aliphatic carbocycles. The molecule has 0 radical (unpaired) electrons. The lowest BCUT2D eigenvalue weighted by Gasteiger charge is -2.03. The molecule has 19 heavy (non-hydrogen) atoms. The van der Waals surface area contributed by atoms with Crippen LogP contribution in [-0.4, -0.2) is 25.4 Å². The number of carboxylic acids is 1. The third kappa shape index (κ3) is 2.45. The highest BCUT2D eigenvalue weighted by Crippen LogP contribution is 2.25. The molecular formula is C10H9N3O5S. The summed E-state index contributed by atoms with van der Waals surface area (Å²) >= 11 is 0.855. The molecule has 0 unspecified atom stereocenters. The molecule has 100 valence electrons. The molecule has 0 fully saturated rings. The van der Waals surface area contributed by atoms with E-state index in [1.54, 1.807) is 0 Å². The minimum absolute atomic E-state index is 0.0240. The van der Waals surface area contributed by atoms with Crippen LogP contribution in [0.4, 0.5) is 0 Å². The maximum absolute atomic E-state index is 11.8. The molecule has 0 saturated carbocycles. The first-order valence-electron chi connectivity index (χ1n) is 5.05. The van der Waals surface area contributed by atoms with Gasteiger partial charge in [-0.1, -0.05) is 0 Å². The number of hydrogen-bond donors (Lipinski definition) is 1. The number of aromatic nitrogens is 3. The summed E-state index contributed by atoms with van der Waals surface area (Å²) in [6.07, 6.45) is 0. The van der Waals surface area contributed by atoms with Crippen LogP contribution >= 0.6 is 11.8 Å². The van der Waals surface area contributed by atoms with E-state index in [2.05, 4.69) is 5.10 Å². The molecule has 8 nitrogen and oxygen atoms in total. The summed E-state index contributed by atoms with van der Waals surface area (Å²) in [7, 11) is 2.75. The Morgan fingerprint density at radius 3 is 2.63 bits per heavy atom. The van der Waals surface area contributed by atoms with Crippen molar-refractivity contribution in [3.63, 3.8) is 0 Å². The van der Waals surface area contributed by atoms with Gasteiger partial charge in [0, 0.05) is 14.1 Å². The minimum Gasteiger partial charge on any atom is -0.475 e. The van der Waals surface area contributed by atoms with Crippen LogP contribution in [0.5, 0.6) is 0 Å². The highest BCUT2D eigenvalue weighted by atomic mass is 32.2. The lowest BCUT2D eigenvalue weighted by atomic mass is 10.5. The van der Waals surface area contributed by atoms with Crippen molar-refractivity contribution in [3.8, 4) is 0 Å². The predicted molar refractivity (Wildman–Crippen MR) is 64.5 cm³/mol. The van der Waals surface area contributed by atoms with Crippen LogP contribution in [-0.2, 0) is 14.1 Å². The molecule has 0 saturated heterocycles. The summed E-state index contributed by atoms with van der Waals surface area (Å²) in [5, 5.41) is 12.8. The van der Waals surface area contributed by atoms with Crippen molar-refractivity contribution < 1.29 is 14.3 Å². The highest BCUT2D eigenvalue weighted by Gasteiger charge is 2.14. The van der Waals surface area contributed by atoms with Crippen molar-refractivity contribution in [2.45, 2.75) is 10.1 Å². The van der Waals surface area contributed by atoms with Gasteiger partial charge in [0.15, 0.2) is 10.1 Å². The van der Waals surface area contributed by atoms with Crippen LogP contribution in [0.15, 0.2) is 36.3 Å². The minimum atomic E-state index is -1.20. The van der Waals surface area contributed by atoms with Crippen LogP contribution in [0, 0.1) is 0 Å². The van der Waals surface area contributed by atoms with E-state index in [9.17, 15) is 14.4 Å². The normalized spacial score (nSPS) is 10.6. The average molecular weight is 283 g/mol. The smallest absolute Gasteiger partial charge is 0.371 e. The monoisotopic (exact) mass is 283 g/mol. The van der Waals surface area contributed by atoms with E-state index in [1.807, 2.05) is 0 Å². The van der Waals surface area contributed by atoms with Gasteiger partial charge in [-0.25, -0.2) is 14.3 Å². The Labute approximate surface area is 110 Å². The first-order valence-corrected chi connectivity index (χ1v) is 5.87. The van der Waals surface area contributed by atoms with Crippen molar-refractivity contribution in [3.05, 3.63) is 38.7 Å². The highest BCUT2D eigenvalue weighted by molar-refractivity contribution is 7.99. The Hall–Kier alpha value is -2.29. The number of carboxylic acid groups (broad SMARTS) is 1. The van der Waals surface area contributed by atoms with Crippen molar-refractivity contribution >= 4 is 17.7 Å². The van der Waals surface area contributed by atoms with Gasteiger partial charge in [0.05, 0.1) is 0 Å². The second-order valence-corrected chi connectivity index (χ2v) is 4.59. The SMILES string of the molecule is Cn1nc(Sc2ccc(C(=O)O)o2)c(=O)n(C)c1=O. The summed E-state index contributed by atoms with van der Waals surface area (Å²) in [6, 6.07) is 2.69. The van der Waals surface area contributed by atoms with Crippen molar-refractivity contribution in [2.75, 3.05) is 0 Å².